The zero-order valence-electron chi connectivity index (χ0n) is 9.26. The fraction of sp³-hybridized carbons (Fsp3) is 0.545. The van der Waals surface area contributed by atoms with Crippen LogP contribution in [0.15, 0.2) is 12.2 Å². The zero-order chi connectivity index (χ0) is 12.0. The van der Waals surface area contributed by atoms with Crippen LogP contribution >= 0.6 is 0 Å². The van der Waals surface area contributed by atoms with Crippen LogP contribution in [0.1, 0.15) is 6.42 Å². The molecule has 0 aromatic heterocycles. The van der Waals surface area contributed by atoms with E-state index >= 15 is 0 Å². The van der Waals surface area contributed by atoms with Crippen molar-refractivity contribution in [2.24, 2.45) is 0 Å². The first-order valence-electron chi connectivity index (χ1n) is 5.11. The Hall–Kier alpha value is -1.85. The highest BCUT2D eigenvalue weighted by atomic mass is 16.2. The monoisotopic (exact) mass is 218 g/mol. The summed E-state index contributed by atoms with van der Waals surface area (Å²) in [5.74, 6) is -0.185. The first kappa shape index (κ1) is 12.2. The minimum atomic E-state index is -0.185. The van der Waals surface area contributed by atoms with Crippen LogP contribution in [0.4, 0.5) is 0 Å². The number of likely N-dealkylation sites (N-methyl/N-ethyl adjacent to an activating group) is 1. The molecule has 5 heteroatoms. The number of hydrogen-bond acceptors (Lipinski definition) is 4. The van der Waals surface area contributed by atoms with Crippen LogP contribution in [0.25, 0.3) is 0 Å². The Bertz CT molecular complexity index is 363. The van der Waals surface area contributed by atoms with Crippen molar-refractivity contribution in [2.75, 3.05) is 26.7 Å². The van der Waals surface area contributed by atoms with Gasteiger partial charge in [0.1, 0.15) is 0 Å². The van der Waals surface area contributed by atoms with Crippen LogP contribution in [0.5, 0.6) is 0 Å². The smallest absolute Gasteiger partial charge is 0.247 e. The van der Waals surface area contributed by atoms with E-state index in [0.29, 0.717) is 19.5 Å². The van der Waals surface area contributed by atoms with Gasteiger partial charge in [0.25, 0.3) is 0 Å². The molecule has 0 radical (unpaired) electrons. The molecular formula is C11H14N4O. The molecule has 1 fully saturated rings. The molecular weight excluding hydrogens is 204 g/mol. The summed E-state index contributed by atoms with van der Waals surface area (Å²) < 4.78 is 0. The number of carbonyl (C=O) groups excluding carboxylic acids is 1. The molecule has 0 N–H and O–H groups in total. The largest absolute Gasteiger partial charge is 0.333 e. The molecule has 1 saturated heterocycles. The van der Waals surface area contributed by atoms with Crippen molar-refractivity contribution in [3.05, 3.63) is 12.2 Å². The Labute approximate surface area is 95.2 Å². The Morgan fingerprint density at radius 1 is 1.50 bits per heavy atom. The highest BCUT2D eigenvalue weighted by Gasteiger charge is 2.27. The minimum Gasteiger partial charge on any atom is -0.333 e. The number of amides is 1. The first-order valence-corrected chi connectivity index (χ1v) is 5.11. The van der Waals surface area contributed by atoms with Gasteiger partial charge in [-0.1, -0.05) is 0 Å². The maximum absolute atomic E-state index is 11.7. The number of carbonyl (C=O) groups is 1. The molecule has 1 aliphatic rings. The van der Waals surface area contributed by atoms with Gasteiger partial charge in [-0.2, -0.15) is 10.5 Å². The first-order chi connectivity index (χ1) is 7.69. The summed E-state index contributed by atoms with van der Waals surface area (Å²) in [6, 6.07) is 3.81. The van der Waals surface area contributed by atoms with Crippen molar-refractivity contribution in [1.29, 1.82) is 10.5 Å². The second-order valence-corrected chi connectivity index (χ2v) is 3.77. The molecule has 1 amide bonds. The Morgan fingerprint density at radius 3 is 2.88 bits per heavy atom. The van der Waals surface area contributed by atoms with Gasteiger partial charge in [0.05, 0.1) is 24.6 Å². The summed E-state index contributed by atoms with van der Waals surface area (Å²) in [7, 11) is 1.97. The van der Waals surface area contributed by atoms with E-state index in [1.165, 1.54) is 12.2 Å². The van der Waals surface area contributed by atoms with Gasteiger partial charge < -0.3 is 9.80 Å². The second kappa shape index (κ2) is 5.89. The molecule has 1 heterocycles. The van der Waals surface area contributed by atoms with Crippen molar-refractivity contribution in [3.8, 4) is 12.1 Å². The molecule has 0 spiro atoms. The normalized spacial score (nSPS) is 21.7. The average molecular weight is 218 g/mol. The summed E-state index contributed by atoms with van der Waals surface area (Å²) in [4.78, 5) is 15.5. The van der Waals surface area contributed by atoms with Crippen molar-refractivity contribution in [2.45, 2.75) is 12.5 Å². The van der Waals surface area contributed by atoms with E-state index in [9.17, 15) is 4.79 Å². The molecule has 0 aromatic rings. The maximum atomic E-state index is 11.7. The predicted molar refractivity (Wildman–Crippen MR) is 58.0 cm³/mol. The van der Waals surface area contributed by atoms with E-state index in [-0.39, 0.29) is 11.9 Å². The lowest BCUT2D eigenvalue weighted by Gasteiger charge is -2.38. The van der Waals surface area contributed by atoms with Gasteiger partial charge in [-0.25, -0.2) is 0 Å². The number of allylic oxidation sites excluding steroid dienone is 1. The van der Waals surface area contributed by atoms with E-state index in [4.69, 9.17) is 10.5 Å². The number of hydrogen-bond donors (Lipinski definition) is 0. The molecule has 16 heavy (non-hydrogen) atoms. The maximum Gasteiger partial charge on any atom is 0.247 e. The van der Waals surface area contributed by atoms with E-state index in [1.54, 1.807) is 11.0 Å². The number of piperazine rings is 1. The second-order valence-electron chi connectivity index (χ2n) is 3.77. The van der Waals surface area contributed by atoms with Gasteiger partial charge in [0, 0.05) is 31.8 Å². The van der Waals surface area contributed by atoms with Crippen LogP contribution in [0.3, 0.4) is 0 Å². The molecule has 1 aliphatic heterocycles. The Kier molecular flexibility index (Phi) is 4.50. The van der Waals surface area contributed by atoms with Crippen LogP contribution in [0, 0.1) is 22.7 Å². The zero-order valence-corrected chi connectivity index (χ0v) is 9.26. The highest BCUT2D eigenvalue weighted by Crippen LogP contribution is 2.12. The molecule has 5 nitrogen and oxygen atoms in total. The summed E-state index contributed by atoms with van der Waals surface area (Å²) >= 11 is 0. The molecule has 0 aromatic carbocycles. The topological polar surface area (TPSA) is 71.1 Å². The lowest BCUT2D eigenvalue weighted by atomic mass is 10.1. The summed E-state index contributed by atoms with van der Waals surface area (Å²) in [5, 5.41) is 17.1. The number of nitriles is 2. The lowest BCUT2D eigenvalue weighted by molar-refractivity contribution is -0.130. The van der Waals surface area contributed by atoms with Crippen molar-refractivity contribution in [1.82, 2.24) is 9.80 Å². The van der Waals surface area contributed by atoms with E-state index in [2.05, 4.69) is 11.0 Å². The van der Waals surface area contributed by atoms with Crippen LogP contribution < -0.4 is 0 Å². The van der Waals surface area contributed by atoms with Crippen LogP contribution in [-0.2, 0) is 4.79 Å². The average Bonchev–Trinajstić information content (AvgIpc) is 2.26. The Morgan fingerprint density at radius 2 is 2.25 bits per heavy atom. The van der Waals surface area contributed by atoms with Crippen LogP contribution in [0.2, 0.25) is 0 Å². The number of nitrogens with zero attached hydrogens (tertiary/aromatic N) is 4. The lowest BCUT2D eigenvalue weighted by Crippen LogP contribution is -2.53. The Balaban J connectivity index is 2.70. The molecule has 1 atom stereocenters. The van der Waals surface area contributed by atoms with Crippen molar-refractivity contribution in [3.63, 3.8) is 0 Å². The quantitative estimate of drug-likeness (QED) is 0.487. The minimum absolute atomic E-state index is 0.0698. The SMILES string of the molecule is CN1CCN(C(=O)/C=C/C#N)[C@@H](CC#N)C1. The van der Waals surface area contributed by atoms with E-state index < -0.39 is 0 Å². The van der Waals surface area contributed by atoms with Gasteiger partial charge in [-0.3, -0.25) is 4.79 Å². The van der Waals surface area contributed by atoms with Gasteiger partial charge in [0.2, 0.25) is 5.91 Å². The molecule has 0 aliphatic carbocycles. The molecule has 0 unspecified atom stereocenters. The third kappa shape index (κ3) is 3.08. The molecule has 84 valence electrons. The standard InChI is InChI=1S/C11H14N4O/c1-14-7-8-15(10(9-14)4-6-13)11(16)3-2-5-12/h2-3,10H,4,7-9H2,1H3/b3-2+/t10-/m0/s1. The highest BCUT2D eigenvalue weighted by molar-refractivity contribution is 5.88. The van der Waals surface area contributed by atoms with Gasteiger partial charge in [-0.05, 0) is 7.05 Å². The number of rotatable bonds is 2. The fourth-order valence-corrected chi connectivity index (χ4v) is 1.79. The predicted octanol–water partition coefficient (Wildman–Crippen LogP) is 0.122. The van der Waals surface area contributed by atoms with E-state index in [0.717, 1.165) is 6.54 Å². The summed E-state index contributed by atoms with van der Waals surface area (Å²) in [6.07, 6.45) is 2.76. The van der Waals surface area contributed by atoms with Gasteiger partial charge >= 0.3 is 0 Å². The van der Waals surface area contributed by atoms with Gasteiger partial charge in [-0.15, -0.1) is 0 Å². The summed E-state index contributed by atoms with van der Waals surface area (Å²) in [6.45, 7) is 2.12. The molecule has 0 bridgehead atoms. The molecule has 1 rings (SSSR count). The van der Waals surface area contributed by atoms with E-state index in [1.807, 2.05) is 7.05 Å². The third-order valence-electron chi connectivity index (χ3n) is 2.60. The van der Waals surface area contributed by atoms with Crippen molar-refractivity contribution < 1.29 is 4.79 Å². The van der Waals surface area contributed by atoms with Gasteiger partial charge in [0.15, 0.2) is 0 Å². The fourth-order valence-electron chi connectivity index (χ4n) is 1.79. The third-order valence-corrected chi connectivity index (χ3v) is 2.60. The van der Waals surface area contributed by atoms with Crippen LogP contribution in [-0.4, -0.2) is 48.4 Å². The van der Waals surface area contributed by atoms with Crippen molar-refractivity contribution >= 4 is 5.91 Å². The summed E-state index contributed by atoms with van der Waals surface area (Å²) in [5.41, 5.74) is 0. The molecule has 0 saturated carbocycles.